The van der Waals surface area contributed by atoms with Crippen molar-refractivity contribution in [1.29, 1.82) is 0 Å². The van der Waals surface area contributed by atoms with Crippen LogP contribution in [0.4, 0.5) is 10.1 Å². The first-order valence-electron chi connectivity index (χ1n) is 6.18. The number of aryl methyl sites for hydroxylation is 1. The summed E-state index contributed by atoms with van der Waals surface area (Å²) in [6, 6.07) is 9.04. The molecule has 0 amide bonds. The largest absolute Gasteiger partial charge is 0.381 e. The lowest BCUT2D eigenvalue weighted by Crippen LogP contribution is -2.19. The van der Waals surface area contributed by atoms with Gasteiger partial charge in [-0.05, 0) is 59.5 Å². The number of nitrogens with zero attached hydrogens (tertiary/aromatic N) is 1. The summed E-state index contributed by atoms with van der Waals surface area (Å²) in [4.78, 5) is 4.24. The van der Waals surface area contributed by atoms with Gasteiger partial charge in [-0.1, -0.05) is 18.2 Å². The zero-order valence-electron chi connectivity index (χ0n) is 11.0. The fraction of sp³-hybridized carbons (Fsp3) is 0.267. The van der Waals surface area contributed by atoms with E-state index in [2.05, 4.69) is 26.2 Å². The summed E-state index contributed by atoms with van der Waals surface area (Å²) in [5.74, 6) is -0.152. The molecule has 1 unspecified atom stereocenters. The van der Waals surface area contributed by atoms with Crippen LogP contribution in [0.25, 0.3) is 0 Å². The van der Waals surface area contributed by atoms with Crippen LogP contribution >= 0.6 is 15.9 Å². The minimum absolute atomic E-state index is 0.138. The van der Waals surface area contributed by atoms with Crippen LogP contribution in [0.5, 0.6) is 0 Å². The Morgan fingerprint density at radius 1 is 1.37 bits per heavy atom. The lowest BCUT2D eigenvalue weighted by molar-refractivity contribution is 0.601. The van der Waals surface area contributed by atoms with Crippen molar-refractivity contribution in [3.63, 3.8) is 0 Å². The van der Waals surface area contributed by atoms with Gasteiger partial charge < -0.3 is 5.32 Å². The number of rotatable bonds is 4. The zero-order valence-corrected chi connectivity index (χ0v) is 12.5. The van der Waals surface area contributed by atoms with E-state index in [1.165, 1.54) is 6.07 Å². The summed E-state index contributed by atoms with van der Waals surface area (Å²) in [7, 11) is 0. The van der Waals surface area contributed by atoms with Crippen molar-refractivity contribution < 1.29 is 4.39 Å². The highest BCUT2D eigenvalue weighted by atomic mass is 79.9. The topological polar surface area (TPSA) is 24.9 Å². The van der Waals surface area contributed by atoms with Gasteiger partial charge in [-0.2, -0.15) is 0 Å². The normalized spacial score (nSPS) is 12.2. The molecule has 19 heavy (non-hydrogen) atoms. The van der Waals surface area contributed by atoms with E-state index in [0.29, 0.717) is 6.42 Å². The maximum Gasteiger partial charge on any atom is 0.126 e. The second-order valence-electron chi connectivity index (χ2n) is 4.67. The monoisotopic (exact) mass is 322 g/mol. The van der Waals surface area contributed by atoms with Crippen LogP contribution in [-0.4, -0.2) is 11.0 Å². The number of anilines is 1. The number of aromatic nitrogens is 1. The molecule has 0 radical (unpaired) electrons. The van der Waals surface area contributed by atoms with Gasteiger partial charge in [0.2, 0.25) is 0 Å². The first-order valence-corrected chi connectivity index (χ1v) is 6.97. The number of nitrogens with one attached hydrogen (secondary N) is 1. The van der Waals surface area contributed by atoms with Crippen LogP contribution in [0.1, 0.15) is 18.1 Å². The van der Waals surface area contributed by atoms with Crippen molar-refractivity contribution in [1.82, 2.24) is 4.98 Å². The Morgan fingerprint density at radius 3 is 2.79 bits per heavy atom. The molecule has 0 fully saturated rings. The second-order valence-corrected chi connectivity index (χ2v) is 5.42. The van der Waals surface area contributed by atoms with Crippen molar-refractivity contribution in [2.24, 2.45) is 0 Å². The van der Waals surface area contributed by atoms with Crippen molar-refractivity contribution >= 4 is 21.6 Å². The van der Waals surface area contributed by atoms with E-state index in [1.54, 1.807) is 12.3 Å². The van der Waals surface area contributed by atoms with Gasteiger partial charge in [-0.15, -0.1) is 0 Å². The first kappa shape index (κ1) is 14.0. The van der Waals surface area contributed by atoms with E-state index in [9.17, 15) is 4.39 Å². The van der Waals surface area contributed by atoms with E-state index in [-0.39, 0.29) is 11.9 Å². The van der Waals surface area contributed by atoms with Crippen LogP contribution in [0.3, 0.4) is 0 Å². The van der Waals surface area contributed by atoms with Crippen LogP contribution < -0.4 is 5.32 Å². The van der Waals surface area contributed by atoms with Gasteiger partial charge in [-0.3, -0.25) is 0 Å². The first-order chi connectivity index (χ1) is 9.06. The van der Waals surface area contributed by atoms with E-state index >= 15 is 0 Å². The lowest BCUT2D eigenvalue weighted by Gasteiger charge is -2.16. The molecular formula is C15H16BrFN2. The van der Waals surface area contributed by atoms with Gasteiger partial charge >= 0.3 is 0 Å². The fourth-order valence-corrected chi connectivity index (χ4v) is 2.18. The molecule has 1 aromatic heterocycles. The predicted octanol–water partition coefficient (Wildman–Crippen LogP) is 4.33. The second kappa shape index (κ2) is 6.15. The van der Waals surface area contributed by atoms with Crippen molar-refractivity contribution in [3.8, 4) is 0 Å². The third-order valence-corrected chi connectivity index (χ3v) is 3.74. The smallest absolute Gasteiger partial charge is 0.126 e. The third kappa shape index (κ3) is 3.77. The highest BCUT2D eigenvalue weighted by molar-refractivity contribution is 9.10. The predicted molar refractivity (Wildman–Crippen MR) is 79.9 cm³/mol. The molecular weight excluding hydrogens is 307 g/mol. The Balaban J connectivity index is 2.03. The Hall–Kier alpha value is -1.42. The molecule has 2 aromatic rings. The average Bonchev–Trinajstić information content (AvgIpc) is 2.37. The SMILES string of the molecule is Cc1cc(NC(C)Cc2ccccc2F)cnc1Br. The van der Waals surface area contributed by atoms with E-state index < -0.39 is 0 Å². The van der Waals surface area contributed by atoms with Crippen LogP contribution in [0.15, 0.2) is 41.1 Å². The standard InChI is InChI=1S/C15H16BrFN2/c1-10-7-13(9-18-15(10)16)19-11(2)8-12-5-3-4-6-14(12)17/h3-7,9,11,19H,8H2,1-2H3. The molecule has 1 N–H and O–H groups in total. The molecule has 1 aromatic carbocycles. The van der Waals surface area contributed by atoms with E-state index in [1.807, 2.05) is 32.0 Å². The van der Waals surface area contributed by atoms with E-state index in [4.69, 9.17) is 0 Å². The molecule has 0 aliphatic rings. The molecule has 0 aliphatic heterocycles. The highest BCUT2D eigenvalue weighted by Crippen LogP contribution is 2.18. The molecule has 2 rings (SSSR count). The van der Waals surface area contributed by atoms with Crippen molar-refractivity contribution in [2.45, 2.75) is 26.3 Å². The number of hydrogen-bond donors (Lipinski definition) is 1. The molecule has 100 valence electrons. The fourth-order valence-electron chi connectivity index (χ4n) is 1.97. The number of hydrogen-bond acceptors (Lipinski definition) is 2. The summed E-state index contributed by atoms with van der Waals surface area (Å²) in [6.07, 6.45) is 2.41. The number of benzene rings is 1. The Morgan fingerprint density at radius 2 is 2.11 bits per heavy atom. The quantitative estimate of drug-likeness (QED) is 0.847. The van der Waals surface area contributed by atoms with Gasteiger partial charge in [0.05, 0.1) is 11.9 Å². The van der Waals surface area contributed by atoms with E-state index in [0.717, 1.165) is 21.4 Å². The molecule has 0 bridgehead atoms. The number of halogens is 2. The average molecular weight is 323 g/mol. The number of pyridine rings is 1. The molecule has 0 spiro atoms. The molecule has 0 saturated heterocycles. The Labute approximate surface area is 121 Å². The van der Waals surface area contributed by atoms with Crippen molar-refractivity contribution in [3.05, 3.63) is 58.1 Å². The van der Waals surface area contributed by atoms with Crippen LogP contribution in [0, 0.1) is 12.7 Å². The highest BCUT2D eigenvalue weighted by Gasteiger charge is 2.08. The van der Waals surface area contributed by atoms with Gasteiger partial charge in [0.1, 0.15) is 10.4 Å². The molecule has 4 heteroatoms. The van der Waals surface area contributed by atoms with Crippen LogP contribution in [-0.2, 0) is 6.42 Å². The van der Waals surface area contributed by atoms with Gasteiger partial charge in [-0.25, -0.2) is 9.37 Å². The minimum atomic E-state index is -0.152. The van der Waals surface area contributed by atoms with Gasteiger partial charge in [0.25, 0.3) is 0 Å². The molecule has 1 heterocycles. The van der Waals surface area contributed by atoms with Gasteiger partial charge in [0, 0.05) is 6.04 Å². The summed E-state index contributed by atoms with van der Waals surface area (Å²) in [5, 5.41) is 3.34. The zero-order chi connectivity index (χ0) is 13.8. The Kier molecular flexibility index (Phi) is 4.53. The third-order valence-electron chi connectivity index (χ3n) is 2.91. The summed E-state index contributed by atoms with van der Waals surface area (Å²) in [6.45, 7) is 4.02. The molecule has 1 atom stereocenters. The lowest BCUT2D eigenvalue weighted by atomic mass is 10.1. The summed E-state index contributed by atoms with van der Waals surface area (Å²) < 4.78 is 14.4. The molecule has 0 saturated carbocycles. The summed E-state index contributed by atoms with van der Waals surface area (Å²) >= 11 is 3.37. The van der Waals surface area contributed by atoms with Crippen LogP contribution in [0.2, 0.25) is 0 Å². The molecule has 0 aliphatic carbocycles. The van der Waals surface area contributed by atoms with Gasteiger partial charge in [0.15, 0.2) is 0 Å². The Bertz CT molecular complexity index is 572. The maximum atomic E-state index is 13.6. The summed E-state index contributed by atoms with van der Waals surface area (Å²) in [5.41, 5.74) is 2.75. The maximum absolute atomic E-state index is 13.6. The minimum Gasteiger partial charge on any atom is -0.381 e. The van der Waals surface area contributed by atoms with Crippen molar-refractivity contribution in [2.75, 3.05) is 5.32 Å². The molecule has 2 nitrogen and oxygen atoms in total.